The third kappa shape index (κ3) is 11.0. The number of halogens is 2. The van der Waals surface area contributed by atoms with E-state index in [1.165, 1.54) is 40.7 Å². The summed E-state index contributed by atoms with van der Waals surface area (Å²) in [6.07, 6.45) is 0.756. The van der Waals surface area contributed by atoms with E-state index in [-0.39, 0.29) is 81.6 Å². The van der Waals surface area contributed by atoms with E-state index in [4.69, 9.17) is 24.3 Å². The molecule has 0 amide bonds. The lowest BCUT2D eigenvalue weighted by Crippen LogP contribution is -2.50. The van der Waals surface area contributed by atoms with Gasteiger partial charge in [-0.25, -0.2) is 13.9 Å². The van der Waals surface area contributed by atoms with Crippen LogP contribution in [0.3, 0.4) is 0 Å². The number of nitrogens with zero attached hydrogens (tertiary/aromatic N) is 3. The fraction of sp³-hybridized carbons (Fsp3) is 0.440. The van der Waals surface area contributed by atoms with Crippen molar-refractivity contribution in [2.75, 3.05) is 45.9 Å². The van der Waals surface area contributed by atoms with Gasteiger partial charge in [0.1, 0.15) is 15.5 Å². The quantitative estimate of drug-likeness (QED) is 0.0783. The first-order valence-corrected chi connectivity index (χ1v) is 15.7. The largest absolute Gasteiger partial charge is 0.465 e. The van der Waals surface area contributed by atoms with Crippen molar-refractivity contribution >= 4 is 56.9 Å². The topological polar surface area (TPSA) is 179 Å². The van der Waals surface area contributed by atoms with E-state index in [1.54, 1.807) is 24.8 Å². The number of oxime groups is 1. The van der Waals surface area contributed by atoms with E-state index in [9.17, 15) is 21.6 Å². The normalized spacial score (nSPS) is 14.6. The van der Waals surface area contributed by atoms with Crippen molar-refractivity contribution in [3.63, 3.8) is 0 Å². The van der Waals surface area contributed by atoms with E-state index in [0.29, 0.717) is 12.2 Å². The lowest BCUT2D eigenvalue weighted by atomic mass is 10.2. The monoisotopic (exact) mass is 685 g/mol. The zero-order valence-corrected chi connectivity index (χ0v) is 27.2. The molecule has 2 aromatic carbocycles. The average Bonchev–Trinajstić information content (AvgIpc) is 2.92. The Balaban J connectivity index is 0.00000462. The van der Waals surface area contributed by atoms with Gasteiger partial charge in [0.2, 0.25) is 10.0 Å². The Morgan fingerprint density at radius 3 is 2.23 bits per heavy atom. The molecule has 242 valence electrons. The zero-order chi connectivity index (χ0) is 30.0. The summed E-state index contributed by atoms with van der Waals surface area (Å²) < 4.78 is 65.2. The van der Waals surface area contributed by atoms with Gasteiger partial charge in [-0.3, -0.25) is 14.5 Å². The Hall–Kier alpha value is -2.86. The number of piperazine rings is 1. The molecule has 0 saturated carbocycles. The minimum absolute atomic E-state index is 0. The summed E-state index contributed by atoms with van der Waals surface area (Å²) in [7, 11) is -8.82. The molecule has 0 aliphatic carbocycles. The standard InChI is InChI=1S/C25H35N5O9S2.2ClH/c1-4-14-37-27-25(26)28-38-20-15-19(3)16-21(17-20)39-41(34,35)23-9-7-6-8-22(23)40(32,33)30-12-10-29(11-13-30)18-24(31)36-5-2;;/h6-9,15-17H,4-5,10-14,18H2,1-3H3,(H3,26,27,28);2*1H. The number of aryl methyl sites for hydroxylation is 1. The fourth-order valence-electron chi connectivity index (χ4n) is 3.86. The van der Waals surface area contributed by atoms with Gasteiger partial charge in [-0.05, 0) is 55.3 Å². The fourth-order valence-corrected chi connectivity index (χ4v) is 6.98. The van der Waals surface area contributed by atoms with Crippen LogP contribution in [0, 0.1) is 6.92 Å². The third-order valence-corrected chi connectivity index (χ3v) is 9.08. The van der Waals surface area contributed by atoms with Crippen molar-refractivity contribution in [2.45, 2.75) is 37.0 Å². The lowest BCUT2D eigenvalue weighted by molar-refractivity contribution is -0.144. The van der Waals surface area contributed by atoms with Crippen LogP contribution in [-0.2, 0) is 34.5 Å². The van der Waals surface area contributed by atoms with E-state index in [1.807, 2.05) is 6.92 Å². The summed E-state index contributed by atoms with van der Waals surface area (Å²) in [5.41, 5.74) is 8.63. The predicted molar refractivity (Wildman–Crippen MR) is 163 cm³/mol. The molecule has 1 aliphatic rings. The zero-order valence-electron chi connectivity index (χ0n) is 23.9. The average molecular weight is 687 g/mol. The first-order valence-electron chi connectivity index (χ1n) is 12.9. The van der Waals surface area contributed by atoms with Gasteiger partial charge in [-0.2, -0.15) is 12.7 Å². The number of esters is 1. The predicted octanol–water partition coefficient (Wildman–Crippen LogP) is 2.02. The van der Waals surface area contributed by atoms with Crippen molar-refractivity contribution in [3.05, 3.63) is 48.0 Å². The molecular weight excluding hydrogens is 649 g/mol. The molecule has 0 unspecified atom stereocenters. The maximum atomic E-state index is 13.5. The van der Waals surface area contributed by atoms with Crippen LogP contribution >= 0.6 is 24.8 Å². The molecule has 3 N–H and O–H groups in total. The van der Waals surface area contributed by atoms with Gasteiger partial charge in [-0.15, -0.1) is 24.8 Å². The van der Waals surface area contributed by atoms with Crippen LogP contribution in [-0.4, -0.2) is 83.9 Å². The van der Waals surface area contributed by atoms with E-state index in [2.05, 4.69) is 10.6 Å². The number of ether oxygens (including phenoxy) is 1. The van der Waals surface area contributed by atoms with Crippen LogP contribution in [0.4, 0.5) is 0 Å². The van der Waals surface area contributed by atoms with Gasteiger partial charge in [0.05, 0.1) is 19.8 Å². The molecule has 0 bridgehead atoms. The highest BCUT2D eigenvalue weighted by molar-refractivity contribution is 7.91. The minimum atomic E-state index is -4.60. The molecular formula is C25H37Cl2N5O9S2. The van der Waals surface area contributed by atoms with Crippen LogP contribution in [0.1, 0.15) is 25.8 Å². The molecule has 43 heavy (non-hydrogen) atoms. The Kier molecular flexibility index (Phi) is 15.5. The minimum Gasteiger partial charge on any atom is -0.465 e. The van der Waals surface area contributed by atoms with E-state index < -0.39 is 35.9 Å². The SMILES string of the molecule is CCCONC(N)=NOc1cc(C)cc(OS(=O)(=O)c2ccccc2S(=O)(=O)N2CCN(CC(=O)OCC)CC2)c1.Cl.Cl. The van der Waals surface area contributed by atoms with Gasteiger partial charge < -0.3 is 19.5 Å². The van der Waals surface area contributed by atoms with Crippen molar-refractivity contribution in [2.24, 2.45) is 10.9 Å². The number of carbonyl (C=O) groups excluding carboxylic acids is 1. The first kappa shape index (κ1) is 38.2. The lowest BCUT2D eigenvalue weighted by Gasteiger charge is -2.33. The van der Waals surface area contributed by atoms with Crippen LogP contribution < -0.4 is 20.2 Å². The summed E-state index contributed by atoms with van der Waals surface area (Å²) in [6, 6.07) is 9.51. The van der Waals surface area contributed by atoms with Crippen molar-refractivity contribution in [3.8, 4) is 11.5 Å². The number of guanidine groups is 1. The number of benzene rings is 2. The molecule has 0 radical (unpaired) electrons. The van der Waals surface area contributed by atoms with Crippen molar-refractivity contribution in [1.82, 2.24) is 14.7 Å². The molecule has 18 heteroatoms. The Morgan fingerprint density at radius 1 is 0.977 bits per heavy atom. The second kappa shape index (κ2) is 17.4. The molecule has 0 aromatic heterocycles. The van der Waals surface area contributed by atoms with Gasteiger partial charge in [0.25, 0.3) is 5.96 Å². The maximum absolute atomic E-state index is 13.5. The number of nitrogens with two attached hydrogens (primary N) is 1. The van der Waals surface area contributed by atoms with Crippen LogP contribution in [0.5, 0.6) is 11.5 Å². The Morgan fingerprint density at radius 2 is 1.60 bits per heavy atom. The molecule has 3 rings (SSSR count). The summed E-state index contributed by atoms with van der Waals surface area (Å²) in [4.78, 5) is 22.9. The summed E-state index contributed by atoms with van der Waals surface area (Å²) in [6.45, 7) is 6.70. The molecule has 0 atom stereocenters. The van der Waals surface area contributed by atoms with Crippen LogP contribution in [0.2, 0.25) is 0 Å². The van der Waals surface area contributed by atoms with Gasteiger partial charge in [-0.1, -0.05) is 19.1 Å². The van der Waals surface area contributed by atoms with Gasteiger partial charge >= 0.3 is 16.1 Å². The first-order chi connectivity index (χ1) is 19.5. The Labute approximate surface area is 264 Å². The number of nitrogens with one attached hydrogen (secondary N) is 1. The number of rotatable bonds is 13. The van der Waals surface area contributed by atoms with Crippen LogP contribution in [0.15, 0.2) is 57.4 Å². The number of hydrogen-bond donors (Lipinski definition) is 2. The van der Waals surface area contributed by atoms with Crippen molar-refractivity contribution in [1.29, 1.82) is 0 Å². The maximum Gasteiger partial charge on any atom is 0.340 e. The molecule has 1 heterocycles. The highest BCUT2D eigenvalue weighted by atomic mass is 35.5. The van der Waals surface area contributed by atoms with Crippen molar-refractivity contribution < 1.29 is 40.2 Å². The molecule has 1 aliphatic heterocycles. The number of hydroxylamine groups is 1. The molecule has 0 spiro atoms. The molecule has 2 aromatic rings. The summed E-state index contributed by atoms with van der Waals surface area (Å²) in [5.74, 6) is -0.549. The van der Waals surface area contributed by atoms with Crippen LogP contribution in [0.25, 0.3) is 0 Å². The van der Waals surface area contributed by atoms with Gasteiger partial charge in [0.15, 0.2) is 5.75 Å². The smallest absolute Gasteiger partial charge is 0.340 e. The number of hydrogen-bond acceptors (Lipinski definition) is 11. The van der Waals surface area contributed by atoms with E-state index in [0.717, 1.165) is 6.42 Å². The highest BCUT2D eigenvalue weighted by Crippen LogP contribution is 2.30. The second-order valence-electron chi connectivity index (χ2n) is 8.97. The molecule has 1 fully saturated rings. The number of sulfonamides is 1. The Bertz CT molecular complexity index is 1450. The third-order valence-electron chi connectivity index (χ3n) is 5.69. The molecule has 14 nitrogen and oxygen atoms in total. The highest BCUT2D eigenvalue weighted by Gasteiger charge is 2.34. The molecule has 1 saturated heterocycles. The summed E-state index contributed by atoms with van der Waals surface area (Å²) >= 11 is 0. The van der Waals surface area contributed by atoms with Gasteiger partial charge in [0, 0.05) is 32.2 Å². The number of carbonyl (C=O) groups is 1. The second-order valence-corrected chi connectivity index (χ2v) is 12.4. The summed E-state index contributed by atoms with van der Waals surface area (Å²) in [5, 5.41) is 3.67. The van der Waals surface area contributed by atoms with E-state index >= 15 is 0 Å².